The maximum atomic E-state index is 5.44. The topological polar surface area (TPSA) is 33.6 Å². The Labute approximate surface area is 109 Å². The van der Waals surface area contributed by atoms with E-state index in [4.69, 9.17) is 9.73 Å². The number of nitrogens with zero attached hydrogens (tertiary/aromatic N) is 1. The van der Waals surface area contributed by atoms with Crippen molar-refractivity contribution in [1.29, 1.82) is 0 Å². The van der Waals surface area contributed by atoms with E-state index < -0.39 is 0 Å². The van der Waals surface area contributed by atoms with Crippen molar-refractivity contribution in [2.45, 2.75) is 57.5 Å². The molecule has 0 aliphatic carbocycles. The number of nitrogens with one attached hydrogen (secondary N) is 1. The zero-order valence-electron chi connectivity index (χ0n) is 11.0. The van der Waals surface area contributed by atoms with Gasteiger partial charge in [-0.05, 0) is 25.7 Å². The molecule has 17 heavy (non-hydrogen) atoms. The van der Waals surface area contributed by atoms with Crippen LogP contribution in [0.4, 0.5) is 0 Å². The fraction of sp³-hybridized carbons (Fsp3) is 0.923. The Morgan fingerprint density at radius 2 is 2.18 bits per heavy atom. The Hall–Kier alpha value is -0.220. The summed E-state index contributed by atoms with van der Waals surface area (Å²) in [6.45, 7) is 6.26. The number of rotatable bonds is 4. The highest BCUT2D eigenvalue weighted by Crippen LogP contribution is 2.32. The van der Waals surface area contributed by atoms with E-state index in [2.05, 4.69) is 19.2 Å². The van der Waals surface area contributed by atoms with E-state index in [1.807, 2.05) is 11.8 Å². The number of aliphatic imine (C=N–C) groups is 1. The summed E-state index contributed by atoms with van der Waals surface area (Å²) >= 11 is 1.90. The minimum absolute atomic E-state index is 0.284. The first-order valence-electron chi connectivity index (χ1n) is 6.84. The molecule has 2 rings (SSSR count). The molecule has 1 N–H and O–H groups in total. The van der Waals surface area contributed by atoms with Crippen LogP contribution in [0.1, 0.15) is 46.0 Å². The molecule has 2 aliphatic heterocycles. The molecule has 4 heteroatoms. The van der Waals surface area contributed by atoms with Gasteiger partial charge in [0.05, 0.1) is 11.6 Å². The van der Waals surface area contributed by atoms with Gasteiger partial charge in [0, 0.05) is 19.0 Å². The third kappa shape index (κ3) is 3.38. The lowest BCUT2D eigenvalue weighted by molar-refractivity contribution is 0.0555. The molecule has 98 valence electrons. The molecule has 0 aromatic heterocycles. The molecule has 1 unspecified atom stereocenters. The quantitative estimate of drug-likeness (QED) is 0.840. The molecule has 2 fully saturated rings. The van der Waals surface area contributed by atoms with Crippen molar-refractivity contribution in [3.8, 4) is 0 Å². The van der Waals surface area contributed by atoms with Gasteiger partial charge in [0.25, 0.3) is 0 Å². The summed E-state index contributed by atoms with van der Waals surface area (Å²) in [4.78, 5) is 4.86. The van der Waals surface area contributed by atoms with Gasteiger partial charge in [0.2, 0.25) is 0 Å². The molecular formula is C13H24N2OS. The third-order valence-corrected chi connectivity index (χ3v) is 4.88. The van der Waals surface area contributed by atoms with E-state index in [1.54, 1.807) is 0 Å². The largest absolute Gasteiger partial charge is 0.381 e. The Morgan fingerprint density at radius 3 is 2.82 bits per heavy atom. The van der Waals surface area contributed by atoms with Crippen LogP contribution in [0.5, 0.6) is 0 Å². The number of hydrogen-bond donors (Lipinski definition) is 1. The van der Waals surface area contributed by atoms with Crippen LogP contribution in [0.3, 0.4) is 0 Å². The van der Waals surface area contributed by atoms with Crippen LogP contribution in [-0.2, 0) is 4.74 Å². The first-order chi connectivity index (χ1) is 8.28. The lowest BCUT2D eigenvalue weighted by Gasteiger charge is -2.32. The number of hydrogen-bond acceptors (Lipinski definition) is 3. The molecule has 0 saturated carbocycles. The summed E-state index contributed by atoms with van der Waals surface area (Å²) in [6.07, 6.45) is 5.83. The Bertz CT molecular complexity index is 275. The minimum atomic E-state index is 0.284. The van der Waals surface area contributed by atoms with Crippen molar-refractivity contribution in [3.63, 3.8) is 0 Å². The third-order valence-electron chi connectivity index (χ3n) is 3.70. The Morgan fingerprint density at radius 1 is 1.41 bits per heavy atom. The molecule has 0 radical (unpaired) electrons. The zero-order chi connectivity index (χ0) is 12.1. The highest BCUT2D eigenvalue weighted by Gasteiger charge is 2.38. The molecule has 0 aromatic rings. The van der Waals surface area contributed by atoms with Gasteiger partial charge in [-0.1, -0.05) is 32.0 Å². The monoisotopic (exact) mass is 256 g/mol. The van der Waals surface area contributed by atoms with Crippen LogP contribution in [0.15, 0.2) is 4.99 Å². The number of thioether (sulfide) groups is 1. The lowest BCUT2D eigenvalue weighted by atomic mass is 9.93. The molecule has 3 nitrogen and oxygen atoms in total. The normalized spacial score (nSPS) is 27.3. The second kappa shape index (κ2) is 6.10. The van der Waals surface area contributed by atoms with E-state index >= 15 is 0 Å². The summed E-state index contributed by atoms with van der Waals surface area (Å²) in [6, 6.07) is 0.505. The Balaban J connectivity index is 1.93. The predicted molar refractivity (Wildman–Crippen MR) is 74.8 cm³/mol. The van der Waals surface area contributed by atoms with Crippen molar-refractivity contribution >= 4 is 16.9 Å². The van der Waals surface area contributed by atoms with Gasteiger partial charge in [-0.25, -0.2) is 0 Å². The highest BCUT2D eigenvalue weighted by atomic mass is 32.2. The maximum Gasteiger partial charge on any atom is 0.157 e. The van der Waals surface area contributed by atoms with Gasteiger partial charge in [-0.2, -0.15) is 0 Å². The van der Waals surface area contributed by atoms with Gasteiger partial charge >= 0.3 is 0 Å². The van der Waals surface area contributed by atoms with Crippen LogP contribution < -0.4 is 5.32 Å². The van der Waals surface area contributed by atoms with Crippen LogP contribution in [-0.4, -0.2) is 35.7 Å². The van der Waals surface area contributed by atoms with Crippen LogP contribution in [0.25, 0.3) is 0 Å². The van der Waals surface area contributed by atoms with Crippen molar-refractivity contribution in [2.24, 2.45) is 4.99 Å². The van der Waals surface area contributed by atoms with Gasteiger partial charge in [0.15, 0.2) is 5.17 Å². The van der Waals surface area contributed by atoms with Gasteiger partial charge < -0.3 is 10.1 Å². The maximum absolute atomic E-state index is 5.44. The minimum Gasteiger partial charge on any atom is -0.381 e. The highest BCUT2D eigenvalue weighted by molar-refractivity contribution is 8.14. The van der Waals surface area contributed by atoms with Crippen molar-refractivity contribution in [2.75, 3.05) is 19.0 Å². The van der Waals surface area contributed by atoms with Crippen molar-refractivity contribution in [3.05, 3.63) is 0 Å². The zero-order valence-corrected chi connectivity index (χ0v) is 11.8. The van der Waals surface area contributed by atoms with Gasteiger partial charge in [0.1, 0.15) is 0 Å². The fourth-order valence-corrected chi connectivity index (χ4v) is 3.75. The first kappa shape index (κ1) is 13.2. The van der Waals surface area contributed by atoms with Crippen LogP contribution in [0, 0.1) is 0 Å². The SMILES string of the molecule is CCCC(CC)N=C1NC2(CCOCC2)CS1. The average molecular weight is 256 g/mol. The summed E-state index contributed by atoms with van der Waals surface area (Å²) < 4.78 is 5.44. The molecule has 1 spiro atoms. The van der Waals surface area contributed by atoms with Crippen molar-refractivity contribution in [1.82, 2.24) is 5.32 Å². The van der Waals surface area contributed by atoms with E-state index in [9.17, 15) is 0 Å². The molecule has 2 heterocycles. The standard InChI is InChI=1S/C13H24N2OS/c1-3-5-11(4-2)14-12-15-13(10-17-12)6-8-16-9-7-13/h11H,3-10H2,1-2H3,(H,14,15). The summed E-state index contributed by atoms with van der Waals surface area (Å²) in [5.41, 5.74) is 0.284. The molecule has 0 bridgehead atoms. The molecule has 0 amide bonds. The number of amidine groups is 1. The van der Waals surface area contributed by atoms with Crippen LogP contribution >= 0.6 is 11.8 Å². The predicted octanol–water partition coefficient (Wildman–Crippen LogP) is 2.81. The molecule has 2 saturated heterocycles. The van der Waals surface area contributed by atoms with E-state index in [-0.39, 0.29) is 5.54 Å². The summed E-state index contributed by atoms with van der Waals surface area (Å²) in [5, 5.41) is 4.84. The summed E-state index contributed by atoms with van der Waals surface area (Å²) in [5.74, 6) is 1.16. The van der Waals surface area contributed by atoms with Gasteiger partial charge in [-0.15, -0.1) is 0 Å². The smallest absolute Gasteiger partial charge is 0.157 e. The molecule has 0 aromatic carbocycles. The second-order valence-electron chi connectivity index (χ2n) is 5.09. The number of ether oxygens (including phenoxy) is 1. The van der Waals surface area contributed by atoms with E-state index in [0.29, 0.717) is 6.04 Å². The average Bonchev–Trinajstić information content (AvgIpc) is 2.72. The molecule has 2 aliphatic rings. The van der Waals surface area contributed by atoms with Crippen molar-refractivity contribution < 1.29 is 4.74 Å². The second-order valence-corrected chi connectivity index (χ2v) is 6.06. The fourth-order valence-electron chi connectivity index (χ4n) is 2.47. The Kier molecular flexibility index (Phi) is 4.74. The first-order valence-corrected chi connectivity index (χ1v) is 7.83. The lowest BCUT2D eigenvalue weighted by Crippen LogP contribution is -2.48. The van der Waals surface area contributed by atoms with Gasteiger partial charge in [-0.3, -0.25) is 4.99 Å². The summed E-state index contributed by atoms with van der Waals surface area (Å²) in [7, 11) is 0. The van der Waals surface area contributed by atoms with Crippen LogP contribution in [0.2, 0.25) is 0 Å². The van der Waals surface area contributed by atoms with E-state index in [0.717, 1.165) is 38.2 Å². The molecular weight excluding hydrogens is 232 g/mol. The molecule has 1 atom stereocenters. The van der Waals surface area contributed by atoms with E-state index in [1.165, 1.54) is 18.0 Å².